The van der Waals surface area contributed by atoms with Crippen LogP contribution in [0.15, 0.2) is 64.9 Å². The van der Waals surface area contributed by atoms with Crippen LogP contribution in [0.4, 0.5) is 5.69 Å². The molecule has 2 N–H and O–H groups in total. The highest BCUT2D eigenvalue weighted by molar-refractivity contribution is 7.92. The molecule has 0 unspecified atom stereocenters. The van der Waals surface area contributed by atoms with E-state index in [2.05, 4.69) is 9.71 Å². The minimum absolute atomic E-state index is 0.0145. The molecule has 2 heterocycles. The van der Waals surface area contributed by atoms with Gasteiger partial charge in [-0.3, -0.25) is 9.52 Å². The van der Waals surface area contributed by atoms with Crippen LogP contribution < -0.4 is 14.2 Å². The lowest BCUT2D eigenvalue weighted by atomic mass is 10.0. The molecule has 1 aromatic heterocycles. The zero-order valence-corrected chi connectivity index (χ0v) is 30.4. The Morgan fingerprint density at radius 1 is 1.12 bits per heavy atom. The predicted octanol–water partition coefficient (Wildman–Crippen LogP) is 3.35. The summed E-state index contributed by atoms with van der Waals surface area (Å²) < 4.78 is 76.1. The molecular weight excluding hydrogens is 675 g/mol. The first-order chi connectivity index (χ1) is 23.2. The summed E-state index contributed by atoms with van der Waals surface area (Å²) in [5.41, 5.74) is 0.237. The largest absolute Gasteiger partial charge is 0.497 e. The molecule has 4 atom stereocenters. The Hall–Kier alpha value is -3.70. The number of carbonyl (C=O) groups excluding carboxylic acids is 1. The molecule has 0 saturated carbocycles. The van der Waals surface area contributed by atoms with E-state index in [0.717, 1.165) is 6.42 Å². The molecule has 0 radical (unpaired) electrons. The molecule has 0 aliphatic carbocycles. The SMILES string of the molecule is COc1ccc(S(=O)(=O)N(C)C[C@@H]2OCCCC[C@@H](C)Oc3ccc(NS(=O)(=O)c4cn(C)cn4)cc3C(=O)N([C@H](C)CO)C[C@H]2C)cc1. The van der Waals surface area contributed by atoms with Crippen molar-refractivity contribution in [2.75, 3.05) is 45.2 Å². The molecule has 3 aromatic rings. The number of aromatic nitrogens is 2. The van der Waals surface area contributed by atoms with Crippen LogP contribution in [0.1, 0.15) is 50.4 Å². The number of aliphatic hydroxyl groups is 1. The monoisotopic (exact) mass is 721 g/mol. The third-order valence-corrected chi connectivity index (χ3v) is 11.6. The molecule has 49 heavy (non-hydrogen) atoms. The number of sulfonamides is 2. The minimum atomic E-state index is -4.06. The van der Waals surface area contributed by atoms with Gasteiger partial charge in [-0.2, -0.15) is 12.7 Å². The van der Waals surface area contributed by atoms with Crippen molar-refractivity contribution in [1.29, 1.82) is 0 Å². The van der Waals surface area contributed by atoms with Crippen molar-refractivity contribution >= 4 is 31.6 Å². The summed E-state index contributed by atoms with van der Waals surface area (Å²) in [4.78, 5) is 19.9. The molecule has 1 aliphatic rings. The lowest BCUT2D eigenvalue weighted by molar-refractivity contribution is -0.00833. The second kappa shape index (κ2) is 16.3. The normalized spacial score (nSPS) is 20.6. The number of anilines is 1. The molecule has 4 rings (SSSR count). The molecule has 0 spiro atoms. The van der Waals surface area contributed by atoms with Gasteiger partial charge in [0.1, 0.15) is 11.5 Å². The zero-order chi connectivity index (χ0) is 35.9. The highest BCUT2D eigenvalue weighted by atomic mass is 32.2. The Balaban J connectivity index is 1.66. The van der Waals surface area contributed by atoms with Crippen molar-refractivity contribution in [3.8, 4) is 11.5 Å². The van der Waals surface area contributed by atoms with E-state index in [9.17, 15) is 26.7 Å². The second-order valence-corrected chi connectivity index (χ2v) is 16.1. The number of nitrogens with zero attached hydrogens (tertiary/aromatic N) is 4. The molecule has 0 saturated heterocycles. The topological polar surface area (TPSA) is 170 Å². The first-order valence-corrected chi connectivity index (χ1v) is 19.0. The maximum Gasteiger partial charge on any atom is 0.280 e. The summed E-state index contributed by atoms with van der Waals surface area (Å²) in [5.74, 6) is -0.0735. The summed E-state index contributed by atoms with van der Waals surface area (Å²) in [5, 5.41) is 10.0. The van der Waals surface area contributed by atoms with Gasteiger partial charge in [-0.1, -0.05) is 6.92 Å². The Kier molecular flexibility index (Phi) is 12.7. The second-order valence-electron chi connectivity index (χ2n) is 12.5. The minimum Gasteiger partial charge on any atom is -0.497 e. The quantitative estimate of drug-likeness (QED) is 0.317. The molecule has 0 fully saturated rings. The van der Waals surface area contributed by atoms with Gasteiger partial charge in [-0.05, 0) is 75.6 Å². The standard InChI is InChI=1S/C33H47N5O9S2/c1-23-18-38(24(2)21-39)33(40)29-17-26(35-48(41,42)32-20-36(4)22-34-32)10-15-30(29)47-25(3)9-7-8-16-46-31(23)19-37(5)49(43,44)28-13-11-27(45-6)12-14-28/h10-15,17,20,22-25,31,35,39H,7-9,16,18-19,21H2,1-6H3/t23-,24-,25-,31+/m1/s1. The summed E-state index contributed by atoms with van der Waals surface area (Å²) in [6.45, 7) is 5.58. The fourth-order valence-electron chi connectivity index (χ4n) is 5.46. The smallest absolute Gasteiger partial charge is 0.280 e. The van der Waals surface area contributed by atoms with Crippen LogP contribution in [0.5, 0.6) is 11.5 Å². The van der Waals surface area contributed by atoms with Gasteiger partial charge in [0.15, 0.2) is 5.03 Å². The first-order valence-electron chi connectivity index (χ1n) is 16.1. The summed E-state index contributed by atoms with van der Waals surface area (Å²) >= 11 is 0. The van der Waals surface area contributed by atoms with E-state index in [1.807, 2.05) is 13.8 Å². The number of carbonyl (C=O) groups is 1. The number of hydrogen-bond acceptors (Lipinski definition) is 10. The summed E-state index contributed by atoms with van der Waals surface area (Å²) in [7, 11) is -3.29. The van der Waals surface area contributed by atoms with E-state index in [4.69, 9.17) is 14.2 Å². The Morgan fingerprint density at radius 2 is 1.84 bits per heavy atom. The van der Waals surface area contributed by atoms with E-state index in [1.54, 1.807) is 32.2 Å². The van der Waals surface area contributed by atoms with Crippen LogP contribution in [0, 0.1) is 5.92 Å². The Morgan fingerprint density at radius 3 is 2.47 bits per heavy atom. The van der Waals surface area contributed by atoms with Gasteiger partial charge in [0.25, 0.3) is 15.9 Å². The van der Waals surface area contributed by atoms with Crippen LogP contribution in [-0.2, 0) is 31.8 Å². The Labute approximate surface area is 289 Å². The van der Waals surface area contributed by atoms with E-state index >= 15 is 0 Å². The number of nitrogens with one attached hydrogen (secondary N) is 1. The number of likely N-dealkylation sites (N-methyl/N-ethyl adjacent to an activating group) is 1. The van der Waals surface area contributed by atoms with Gasteiger partial charge < -0.3 is 28.8 Å². The van der Waals surface area contributed by atoms with Crippen molar-refractivity contribution in [3.63, 3.8) is 0 Å². The van der Waals surface area contributed by atoms with Crippen molar-refractivity contribution in [3.05, 3.63) is 60.6 Å². The molecule has 14 nitrogen and oxygen atoms in total. The van der Waals surface area contributed by atoms with Crippen LogP contribution in [0.25, 0.3) is 0 Å². The summed E-state index contributed by atoms with van der Waals surface area (Å²) in [6.07, 6.45) is 3.94. The lowest BCUT2D eigenvalue weighted by Crippen LogP contribution is -2.48. The fraction of sp³-hybridized carbons (Fsp3) is 0.515. The number of benzene rings is 2. The molecule has 1 aliphatic heterocycles. The maximum atomic E-state index is 14.4. The number of fused-ring (bicyclic) bond motifs is 1. The van der Waals surface area contributed by atoms with Crippen LogP contribution in [0.3, 0.4) is 0 Å². The third-order valence-electron chi connectivity index (χ3n) is 8.46. The predicted molar refractivity (Wildman–Crippen MR) is 184 cm³/mol. The molecule has 16 heteroatoms. The van der Waals surface area contributed by atoms with Gasteiger partial charge in [0.2, 0.25) is 10.0 Å². The van der Waals surface area contributed by atoms with Crippen LogP contribution in [0.2, 0.25) is 0 Å². The van der Waals surface area contributed by atoms with Gasteiger partial charge in [-0.15, -0.1) is 0 Å². The zero-order valence-electron chi connectivity index (χ0n) is 28.8. The van der Waals surface area contributed by atoms with Crippen molar-refractivity contribution in [2.45, 2.75) is 68.2 Å². The van der Waals surface area contributed by atoms with Gasteiger partial charge >= 0.3 is 0 Å². The highest BCUT2D eigenvalue weighted by Crippen LogP contribution is 2.30. The Bertz CT molecular complexity index is 1780. The van der Waals surface area contributed by atoms with E-state index < -0.39 is 38.1 Å². The van der Waals surface area contributed by atoms with Crippen molar-refractivity contribution < 1.29 is 40.9 Å². The van der Waals surface area contributed by atoms with Gasteiger partial charge in [-0.25, -0.2) is 13.4 Å². The maximum absolute atomic E-state index is 14.4. The van der Waals surface area contributed by atoms with Gasteiger partial charge in [0.05, 0.1) is 48.8 Å². The molecule has 2 aromatic carbocycles. The number of aliphatic hydroxyl groups excluding tert-OH is 1. The van der Waals surface area contributed by atoms with E-state index in [0.29, 0.717) is 25.2 Å². The average Bonchev–Trinajstić information content (AvgIpc) is 3.53. The number of imidazole rings is 1. The number of hydrogen-bond donors (Lipinski definition) is 2. The van der Waals surface area contributed by atoms with E-state index in [-0.39, 0.29) is 58.6 Å². The first kappa shape index (κ1) is 38.1. The van der Waals surface area contributed by atoms with Crippen molar-refractivity contribution in [2.24, 2.45) is 13.0 Å². The molecule has 0 bridgehead atoms. The molecular formula is C33H47N5O9S2. The van der Waals surface area contributed by atoms with Crippen molar-refractivity contribution in [1.82, 2.24) is 18.8 Å². The number of rotatable bonds is 10. The average molecular weight is 722 g/mol. The van der Waals surface area contributed by atoms with Gasteiger partial charge in [0, 0.05) is 51.6 Å². The van der Waals surface area contributed by atoms with Crippen LogP contribution >= 0.6 is 0 Å². The number of ether oxygens (including phenoxy) is 3. The molecule has 1 amide bonds. The third kappa shape index (κ3) is 9.51. The fourth-order valence-corrected chi connectivity index (χ4v) is 7.68. The number of amides is 1. The molecule has 270 valence electrons. The lowest BCUT2D eigenvalue weighted by Gasteiger charge is -2.35. The highest BCUT2D eigenvalue weighted by Gasteiger charge is 2.33. The summed E-state index contributed by atoms with van der Waals surface area (Å²) in [6, 6.07) is 9.98. The van der Waals surface area contributed by atoms with Crippen LogP contribution in [-0.4, -0.2) is 105 Å². The number of methoxy groups -OCH3 is 1. The number of aryl methyl sites for hydroxylation is 1. The van der Waals surface area contributed by atoms with E-state index in [1.165, 1.54) is 64.7 Å².